The van der Waals surface area contributed by atoms with Crippen LogP contribution in [0, 0.1) is 5.41 Å². The van der Waals surface area contributed by atoms with Gasteiger partial charge >= 0.3 is 0 Å². The van der Waals surface area contributed by atoms with Gasteiger partial charge in [-0.2, -0.15) is 0 Å². The fourth-order valence-corrected chi connectivity index (χ4v) is 2.02. The molecule has 0 bridgehead atoms. The second-order valence-electron chi connectivity index (χ2n) is 3.73. The minimum Gasteiger partial charge on any atom is -0.0879 e. The molecule has 1 saturated carbocycles. The third-order valence-corrected chi connectivity index (χ3v) is 3.12. The Kier molecular flexibility index (Phi) is 2.75. The molecule has 1 aliphatic rings. The van der Waals surface area contributed by atoms with E-state index in [4.69, 9.17) is 0 Å². The molecule has 0 aromatic rings. The van der Waals surface area contributed by atoms with Crippen LogP contribution in [0.2, 0.25) is 0 Å². The maximum atomic E-state index is 2.33. The zero-order valence-electron chi connectivity index (χ0n) is 8.11. The molecule has 11 heavy (non-hydrogen) atoms. The number of unbranched alkanes of at least 4 members (excludes halogenated alkanes) is 1. The predicted molar refractivity (Wildman–Crippen MR) is 50.6 cm³/mol. The van der Waals surface area contributed by atoms with Crippen LogP contribution in [0.4, 0.5) is 0 Å². The van der Waals surface area contributed by atoms with E-state index < -0.39 is 0 Å². The van der Waals surface area contributed by atoms with Crippen LogP contribution in [0.1, 0.15) is 52.9 Å². The van der Waals surface area contributed by atoms with E-state index in [0.717, 1.165) is 0 Å². The SMILES string of the molecule is C/C=C1\C[C@@]1(CC)CCCC. The van der Waals surface area contributed by atoms with E-state index >= 15 is 0 Å². The normalized spacial score (nSPS) is 32.8. The molecule has 1 atom stereocenters. The molecule has 0 spiro atoms. The van der Waals surface area contributed by atoms with E-state index in [1.165, 1.54) is 32.1 Å². The molecule has 0 nitrogen and oxygen atoms in total. The van der Waals surface area contributed by atoms with Crippen molar-refractivity contribution in [3.05, 3.63) is 11.6 Å². The molecule has 1 fully saturated rings. The molecule has 0 amide bonds. The fourth-order valence-electron chi connectivity index (χ4n) is 2.02. The third kappa shape index (κ3) is 1.66. The Morgan fingerprint density at radius 3 is 2.55 bits per heavy atom. The van der Waals surface area contributed by atoms with Gasteiger partial charge < -0.3 is 0 Å². The minimum atomic E-state index is 0.671. The van der Waals surface area contributed by atoms with Crippen LogP contribution in [0.3, 0.4) is 0 Å². The largest absolute Gasteiger partial charge is 0.0879 e. The molecule has 1 rings (SSSR count). The lowest BCUT2D eigenvalue weighted by molar-refractivity contribution is 0.453. The highest BCUT2D eigenvalue weighted by atomic mass is 14.5. The predicted octanol–water partition coefficient (Wildman–Crippen LogP) is 3.92. The quantitative estimate of drug-likeness (QED) is 0.535. The molecule has 0 radical (unpaired) electrons. The molecule has 0 aliphatic heterocycles. The monoisotopic (exact) mass is 152 g/mol. The summed E-state index contributed by atoms with van der Waals surface area (Å²) in [6.07, 6.45) is 9.25. The van der Waals surface area contributed by atoms with E-state index in [9.17, 15) is 0 Å². The second-order valence-corrected chi connectivity index (χ2v) is 3.73. The molecular formula is C11H20. The van der Waals surface area contributed by atoms with Crippen molar-refractivity contribution in [3.63, 3.8) is 0 Å². The van der Waals surface area contributed by atoms with Gasteiger partial charge in [-0.15, -0.1) is 0 Å². The molecule has 64 valence electrons. The van der Waals surface area contributed by atoms with Gasteiger partial charge in [0.25, 0.3) is 0 Å². The number of hydrogen-bond donors (Lipinski definition) is 0. The Hall–Kier alpha value is -0.260. The van der Waals surface area contributed by atoms with Crippen molar-refractivity contribution in [3.8, 4) is 0 Å². The second kappa shape index (κ2) is 3.42. The number of hydrogen-bond acceptors (Lipinski definition) is 0. The molecule has 0 saturated heterocycles. The van der Waals surface area contributed by atoms with Crippen molar-refractivity contribution in [2.24, 2.45) is 5.41 Å². The lowest BCUT2D eigenvalue weighted by Gasteiger charge is -2.10. The van der Waals surface area contributed by atoms with Gasteiger partial charge in [0.2, 0.25) is 0 Å². The fraction of sp³-hybridized carbons (Fsp3) is 0.818. The van der Waals surface area contributed by atoms with Crippen LogP contribution in [0.25, 0.3) is 0 Å². The number of rotatable bonds is 4. The summed E-state index contributed by atoms with van der Waals surface area (Å²) in [5.41, 5.74) is 2.39. The Labute approximate surface area is 70.7 Å². The summed E-state index contributed by atoms with van der Waals surface area (Å²) < 4.78 is 0. The highest BCUT2D eigenvalue weighted by Crippen LogP contribution is 2.57. The molecule has 0 N–H and O–H groups in total. The van der Waals surface area contributed by atoms with E-state index in [1.807, 2.05) is 0 Å². The third-order valence-electron chi connectivity index (χ3n) is 3.12. The molecule has 0 unspecified atom stereocenters. The standard InChI is InChI=1S/C11H20/c1-4-7-8-11(6-3)9-10(11)5-2/h5H,4,6-9H2,1-3H3/b10-5+/t11-/m1/s1. The van der Waals surface area contributed by atoms with E-state index in [0.29, 0.717) is 5.41 Å². The lowest BCUT2D eigenvalue weighted by Crippen LogP contribution is -1.97. The first-order chi connectivity index (χ1) is 5.29. The van der Waals surface area contributed by atoms with Crippen LogP contribution in [-0.2, 0) is 0 Å². The molecular weight excluding hydrogens is 132 g/mol. The molecule has 0 heteroatoms. The summed E-state index contributed by atoms with van der Waals surface area (Å²) in [5, 5.41) is 0. The maximum Gasteiger partial charge on any atom is -0.00532 e. The van der Waals surface area contributed by atoms with Crippen LogP contribution >= 0.6 is 0 Å². The maximum absolute atomic E-state index is 2.33. The van der Waals surface area contributed by atoms with Gasteiger partial charge in [0.1, 0.15) is 0 Å². The number of allylic oxidation sites excluding steroid dienone is 2. The summed E-state index contributed by atoms with van der Waals surface area (Å²) in [6, 6.07) is 0. The first-order valence-electron chi connectivity index (χ1n) is 4.94. The van der Waals surface area contributed by atoms with Crippen molar-refractivity contribution in [2.75, 3.05) is 0 Å². The van der Waals surface area contributed by atoms with Crippen LogP contribution in [0.5, 0.6) is 0 Å². The average molecular weight is 152 g/mol. The Morgan fingerprint density at radius 1 is 1.45 bits per heavy atom. The smallest absolute Gasteiger partial charge is 0.00532 e. The molecule has 0 heterocycles. The van der Waals surface area contributed by atoms with E-state index in [-0.39, 0.29) is 0 Å². The summed E-state index contributed by atoms with van der Waals surface area (Å²) in [4.78, 5) is 0. The van der Waals surface area contributed by atoms with Crippen LogP contribution in [0.15, 0.2) is 11.6 Å². The Morgan fingerprint density at radius 2 is 2.18 bits per heavy atom. The lowest BCUT2D eigenvalue weighted by atomic mass is 9.95. The van der Waals surface area contributed by atoms with Gasteiger partial charge in [-0.3, -0.25) is 0 Å². The van der Waals surface area contributed by atoms with Gasteiger partial charge in [-0.1, -0.05) is 38.3 Å². The van der Waals surface area contributed by atoms with Gasteiger partial charge in [0.05, 0.1) is 0 Å². The summed E-state index contributed by atoms with van der Waals surface area (Å²) >= 11 is 0. The van der Waals surface area contributed by atoms with Gasteiger partial charge in [0.15, 0.2) is 0 Å². The Bertz CT molecular complexity index is 155. The first-order valence-corrected chi connectivity index (χ1v) is 4.94. The van der Waals surface area contributed by atoms with Crippen molar-refractivity contribution in [1.29, 1.82) is 0 Å². The van der Waals surface area contributed by atoms with Gasteiger partial charge in [-0.25, -0.2) is 0 Å². The summed E-state index contributed by atoms with van der Waals surface area (Å²) in [7, 11) is 0. The van der Waals surface area contributed by atoms with Crippen molar-refractivity contribution in [1.82, 2.24) is 0 Å². The van der Waals surface area contributed by atoms with Crippen molar-refractivity contribution < 1.29 is 0 Å². The van der Waals surface area contributed by atoms with Gasteiger partial charge in [0, 0.05) is 0 Å². The topological polar surface area (TPSA) is 0 Å². The summed E-state index contributed by atoms with van der Waals surface area (Å²) in [6.45, 7) is 6.78. The highest BCUT2D eigenvalue weighted by molar-refractivity contribution is 5.31. The Balaban J connectivity index is 2.40. The molecule has 1 aliphatic carbocycles. The van der Waals surface area contributed by atoms with Crippen molar-refractivity contribution >= 4 is 0 Å². The van der Waals surface area contributed by atoms with Crippen LogP contribution < -0.4 is 0 Å². The van der Waals surface area contributed by atoms with Crippen LogP contribution in [-0.4, -0.2) is 0 Å². The van der Waals surface area contributed by atoms with Crippen molar-refractivity contribution in [2.45, 2.75) is 52.9 Å². The minimum absolute atomic E-state index is 0.671. The molecule has 0 aromatic carbocycles. The zero-order valence-corrected chi connectivity index (χ0v) is 8.11. The van der Waals surface area contributed by atoms with E-state index in [1.54, 1.807) is 5.57 Å². The zero-order chi connectivity index (χ0) is 8.32. The van der Waals surface area contributed by atoms with E-state index in [2.05, 4.69) is 26.8 Å². The summed E-state index contributed by atoms with van der Waals surface area (Å²) in [5.74, 6) is 0. The molecule has 0 aromatic heterocycles. The highest BCUT2D eigenvalue weighted by Gasteiger charge is 2.44. The van der Waals surface area contributed by atoms with Gasteiger partial charge in [-0.05, 0) is 31.6 Å². The average Bonchev–Trinajstić information content (AvgIpc) is 2.76. The first kappa shape index (κ1) is 8.83.